The molecule has 0 fully saturated rings. The zero-order valence-corrected chi connectivity index (χ0v) is 18.1. The summed E-state index contributed by atoms with van der Waals surface area (Å²) in [6, 6.07) is 12.0. The Morgan fingerprint density at radius 3 is 1.86 bits per heavy atom. The highest BCUT2D eigenvalue weighted by molar-refractivity contribution is 7.87. The zero-order chi connectivity index (χ0) is 21.6. The van der Waals surface area contributed by atoms with E-state index in [2.05, 4.69) is 0 Å². The predicted octanol–water partition coefficient (Wildman–Crippen LogP) is 5.89. The summed E-state index contributed by atoms with van der Waals surface area (Å²) in [5.74, 6) is -1.31. The molecule has 0 aliphatic carbocycles. The van der Waals surface area contributed by atoms with E-state index in [-0.39, 0.29) is 31.2 Å². The Kier molecular flexibility index (Phi) is 5.98. The van der Waals surface area contributed by atoms with Crippen LogP contribution in [-0.2, 0) is 14.9 Å². The molecule has 3 aromatic carbocycles. The molecule has 0 saturated heterocycles. The molecule has 3 N–H and O–H groups in total. The second kappa shape index (κ2) is 7.87. The van der Waals surface area contributed by atoms with Crippen molar-refractivity contribution in [1.82, 2.24) is 0 Å². The number of phenols is 2. The van der Waals surface area contributed by atoms with Crippen LogP contribution in [-0.4, -0.2) is 23.2 Å². The minimum absolute atomic E-state index is 0.0237. The number of phenolic OH excluding ortho intramolecular Hbond substituents is 2. The van der Waals surface area contributed by atoms with Gasteiger partial charge in [-0.3, -0.25) is 4.55 Å². The topological polar surface area (TPSA) is 94.8 Å². The van der Waals surface area contributed by atoms with Gasteiger partial charge in [0.25, 0.3) is 10.1 Å². The van der Waals surface area contributed by atoms with E-state index in [4.69, 9.17) is 46.4 Å². The molecule has 0 aliphatic rings. The van der Waals surface area contributed by atoms with Crippen LogP contribution in [0.25, 0.3) is 0 Å². The van der Waals surface area contributed by atoms with Gasteiger partial charge < -0.3 is 10.2 Å². The first-order chi connectivity index (χ1) is 13.5. The lowest BCUT2D eigenvalue weighted by Gasteiger charge is -2.34. The third-order valence-corrected chi connectivity index (χ3v) is 6.99. The molecule has 0 aromatic heterocycles. The third-order valence-electron chi connectivity index (χ3n) is 4.41. The Bertz CT molecular complexity index is 1210. The zero-order valence-electron chi connectivity index (χ0n) is 14.3. The number of hydrogen-bond acceptors (Lipinski definition) is 4. The predicted molar refractivity (Wildman–Crippen MR) is 114 cm³/mol. The first-order valence-corrected chi connectivity index (χ1v) is 10.9. The molecule has 29 heavy (non-hydrogen) atoms. The highest BCUT2D eigenvalue weighted by Gasteiger charge is 2.53. The Morgan fingerprint density at radius 2 is 1.24 bits per heavy atom. The van der Waals surface area contributed by atoms with Gasteiger partial charge in [0.2, 0.25) is 0 Å². The molecule has 5 nitrogen and oxygen atoms in total. The monoisotopic (exact) mass is 492 g/mol. The van der Waals surface area contributed by atoms with Gasteiger partial charge in [-0.25, -0.2) is 0 Å². The second-order valence-electron chi connectivity index (χ2n) is 6.06. The lowest BCUT2D eigenvalue weighted by molar-refractivity contribution is 0.428. The number of halogens is 4. The number of rotatable bonds is 4. The Morgan fingerprint density at radius 1 is 0.690 bits per heavy atom. The quantitative estimate of drug-likeness (QED) is 0.311. The fourth-order valence-corrected chi connectivity index (χ4v) is 5.57. The Hall–Kier alpha value is -1.67. The molecule has 0 radical (unpaired) electrons. The van der Waals surface area contributed by atoms with Crippen LogP contribution < -0.4 is 0 Å². The molecule has 0 saturated carbocycles. The maximum absolute atomic E-state index is 13.0. The number of hydrogen-bond donors (Lipinski definition) is 3. The molecule has 0 amide bonds. The molecule has 0 spiro atoms. The van der Waals surface area contributed by atoms with Crippen molar-refractivity contribution in [3.8, 4) is 11.5 Å². The van der Waals surface area contributed by atoms with Crippen molar-refractivity contribution in [2.45, 2.75) is 4.75 Å². The van der Waals surface area contributed by atoms with Crippen molar-refractivity contribution in [2.75, 3.05) is 0 Å². The maximum atomic E-state index is 13.0. The molecule has 152 valence electrons. The van der Waals surface area contributed by atoms with Crippen LogP contribution in [0.5, 0.6) is 11.5 Å². The largest absolute Gasteiger partial charge is 0.506 e. The summed E-state index contributed by atoms with van der Waals surface area (Å²) in [6.45, 7) is 0. The van der Waals surface area contributed by atoms with Gasteiger partial charge in [0, 0.05) is 26.7 Å². The van der Waals surface area contributed by atoms with Crippen LogP contribution in [0, 0.1) is 0 Å². The summed E-state index contributed by atoms with van der Waals surface area (Å²) in [5, 5.41) is 20.8. The van der Waals surface area contributed by atoms with Gasteiger partial charge in [-0.1, -0.05) is 76.7 Å². The molecule has 10 heteroatoms. The highest BCUT2D eigenvalue weighted by atomic mass is 35.5. The first kappa shape index (κ1) is 22.0. The van der Waals surface area contributed by atoms with E-state index in [1.807, 2.05) is 0 Å². The number of benzene rings is 3. The highest BCUT2D eigenvalue weighted by Crippen LogP contribution is 2.54. The SMILES string of the molecule is O=S(=O)(O)C(c1ccccc1Cl)(c1cccc(Cl)c1O)c1cc(Cl)cc(Cl)c1O. The van der Waals surface area contributed by atoms with Gasteiger partial charge in [-0.05, 0) is 24.3 Å². The normalized spacial score (nSPS) is 13.8. The Labute approximate surface area is 186 Å². The minimum Gasteiger partial charge on any atom is -0.506 e. The van der Waals surface area contributed by atoms with Crippen LogP contribution in [0.3, 0.4) is 0 Å². The molecule has 3 rings (SSSR count). The van der Waals surface area contributed by atoms with E-state index in [9.17, 15) is 23.2 Å². The van der Waals surface area contributed by atoms with Crippen LogP contribution in [0.1, 0.15) is 16.7 Å². The van der Waals surface area contributed by atoms with Crippen LogP contribution in [0.4, 0.5) is 0 Å². The first-order valence-electron chi connectivity index (χ1n) is 7.90. The lowest BCUT2D eigenvalue weighted by atomic mass is 9.83. The summed E-state index contributed by atoms with van der Waals surface area (Å²) < 4.78 is 33.9. The summed E-state index contributed by atoms with van der Waals surface area (Å²) >= 11 is 24.4. The summed E-state index contributed by atoms with van der Waals surface area (Å²) in [6.07, 6.45) is 0. The fourth-order valence-electron chi connectivity index (χ4n) is 3.23. The van der Waals surface area contributed by atoms with Gasteiger partial charge >= 0.3 is 0 Å². The van der Waals surface area contributed by atoms with Crippen LogP contribution in [0.2, 0.25) is 20.1 Å². The molecule has 0 aliphatic heterocycles. The van der Waals surface area contributed by atoms with Crippen molar-refractivity contribution in [3.05, 3.63) is 91.4 Å². The van der Waals surface area contributed by atoms with E-state index in [0.29, 0.717) is 0 Å². The van der Waals surface area contributed by atoms with E-state index in [1.54, 1.807) is 6.07 Å². The smallest absolute Gasteiger partial charge is 0.283 e. The minimum atomic E-state index is -5.18. The van der Waals surface area contributed by atoms with Gasteiger partial charge in [0.1, 0.15) is 11.5 Å². The number of aromatic hydroxyl groups is 2. The van der Waals surface area contributed by atoms with Crippen molar-refractivity contribution in [2.24, 2.45) is 0 Å². The molecule has 0 bridgehead atoms. The van der Waals surface area contributed by atoms with Crippen molar-refractivity contribution >= 4 is 56.5 Å². The fraction of sp³-hybridized carbons (Fsp3) is 0.0526. The van der Waals surface area contributed by atoms with E-state index >= 15 is 0 Å². The summed E-state index contributed by atoms with van der Waals surface area (Å²) in [4.78, 5) is 0. The third kappa shape index (κ3) is 3.54. The lowest BCUT2D eigenvalue weighted by Crippen LogP contribution is -2.38. The maximum Gasteiger partial charge on any atom is 0.283 e. The standard InChI is InChI=1S/C19H12Cl4O5S/c20-10-8-13(18(25)16(23)9-10)19(29(26,27)28,11-4-1-2-6-14(11)21)12-5-3-7-15(22)17(12)24/h1-9,24-25H,(H,26,27,28). The average Bonchev–Trinajstić information content (AvgIpc) is 2.63. The van der Waals surface area contributed by atoms with Gasteiger partial charge in [0.05, 0.1) is 10.0 Å². The van der Waals surface area contributed by atoms with Gasteiger partial charge in [0.15, 0.2) is 4.75 Å². The number of para-hydroxylation sites is 1. The summed E-state index contributed by atoms with van der Waals surface area (Å²) in [5.41, 5.74) is -0.923. The molecule has 1 unspecified atom stereocenters. The molecule has 3 aromatic rings. The molecular weight excluding hydrogens is 482 g/mol. The average molecular weight is 494 g/mol. The summed E-state index contributed by atoms with van der Waals surface area (Å²) in [7, 11) is -5.18. The van der Waals surface area contributed by atoms with Gasteiger partial charge in [-0.15, -0.1) is 0 Å². The molecular formula is C19H12Cl4O5S. The molecule has 0 heterocycles. The van der Waals surface area contributed by atoms with E-state index in [0.717, 1.165) is 6.07 Å². The van der Waals surface area contributed by atoms with E-state index in [1.165, 1.54) is 42.5 Å². The van der Waals surface area contributed by atoms with Crippen molar-refractivity contribution in [1.29, 1.82) is 0 Å². The Balaban J connectivity index is 2.68. The van der Waals surface area contributed by atoms with Crippen LogP contribution >= 0.6 is 46.4 Å². The molecule has 1 atom stereocenters. The van der Waals surface area contributed by atoms with Crippen molar-refractivity contribution in [3.63, 3.8) is 0 Å². The van der Waals surface area contributed by atoms with E-state index < -0.39 is 31.9 Å². The van der Waals surface area contributed by atoms with Crippen molar-refractivity contribution < 1.29 is 23.2 Å². The second-order valence-corrected chi connectivity index (χ2v) is 9.28. The van der Waals surface area contributed by atoms with Gasteiger partial charge in [-0.2, -0.15) is 8.42 Å². The van der Waals surface area contributed by atoms with Crippen LogP contribution in [0.15, 0.2) is 54.6 Å².